The second kappa shape index (κ2) is 8.71. The summed E-state index contributed by atoms with van der Waals surface area (Å²) >= 11 is 5.97. The van der Waals surface area contributed by atoms with Gasteiger partial charge in [-0.2, -0.15) is 0 Å². The maximum atomic E-state index is 12.5. The molecule has 0 radical (unpaired) electrons. The average molecular weight is 397 g/mol. The van der Waals surface area contributed by atoms with E-state index in [0.717, 1.165) is 11.3 Å². The number of aryl methyl sites for hydroxylation is 1. The third kappa shape index (κ3) is 4.98. The number of rotatable bonds is 6. The summed E-state index contributed by atoms with van der Waals surface area (Å²) in [4.78, 5) is 21.0. The van der Waals surface area contributed by atoms with Gasteiger partial charge in [0.15, 0.2) is 0 Å². The Morgan fingerprint density at radius 3 is 2.54 bits per heavy atom. The predicted octanol–water partition coefficient (Wildman–Crippen LogP) is 5.22. The molecule has 0 aliphatic heterocycles. The summed E-state index contributed by atoms with van der Waals surface area (Å²) in [6.07, 6.45) is 2.94. The number of ether oxygens (including phenoxy) is 1. The minimum Gasteiger partial charge on any atom is -0.489 e. The van der Waals surface area contributed by atoms with Crippen molar-refractivity contribution in [3.05, 3.63) is 71.1 Å². The second-order valence-corrected chi connectivity index (χ2v) is 6.92. The summed E-state index contributed by atoms with van der Waals surface area (Å²) in [5, 5.41) is 6.65. The van der Waals surface area contributed by atoms with Crippen LogP contribution >= 0.6 is 11.6 Å². The molecule has 1 aromatic heterocycles. The Kier molecular flexibility index (Phi) is 6.11. The Bertz CT molecular complexity index is 974. The fourth-order valence-corrected chi connectivity index (χ4v) is 2.75. The van der Waals surface area contributed by atoms with Gasteiger partial charge in [-0.3, -0.25) is 4.79 Å². The molecule has 7 heteroatoms. The highest BCUT2D eigenvalue weighted by Crippen LogP contribution is 2.25. The molecule has 2 aromatic carbocycles. The molecule has 0 aliphatic rings. The number of nitrogens with zero attached hydrogens (tertiary/aromatic N) is 2. The molecule has 0 atom stereocenters. The van der Waals surface area contributed by atoms with Gasteiger partial charge in [-0.15, -0.1) is 0 Å². The largest absolute Gasteiger partial charge is 0.489 e. The first-order valence-electron chi connectivity index (χ1n) is 8.84. The molecule has 144 valence electrons. The van der Waals surface area contributed by atoms with Crippen molar-refractivity contribution in [3.8, 4) is 5.75 Å². The molecule has 3 aromatic rings. The second-order valence-electron chi connectivity index (χ2n) is 6.49. The first-order chi connectivity index (χ1) is 13.4. The zero-order valence-electron chi connectivity index (χ0n) is 15.9. The lowest BCUT2D eigenvalue weighted by Gasteiger charge is -2.14. The molecule has 0 aliphatic carbocycles. The summed E-state index contributed by atoms with van der Waals surface area (Å²) in [7, 11) is 0. The Labute approximate surface area is 168 Å². The van der Waals surface area contributed by atoms with E-state index >= 15 is 0 Å². The van der Waals surface area contributed by atoms with Crippen LogP contribution in [0.1, 0.15) is 29.9 Å². The number of anilines is 3. The highest BCUT2D eigenvalue weighted by molar-refractivity contribution is 6.30. The van der Waals surface area contributed by atoms with Crippen molar-refractivity contribution in [2.24, 2.45) is 0 Å². The number of halogens is 1. The minimum atomic E-state index is -0.360. The summed E-state index contributed by atoms with van der Waals surface area (Å²) in [6, 6.07) is 12.8. The lowest BCUT2D eigenvalue weighted by molar-refractivity contribution is 0.102. The molecule has 1 amide bonds. The van der Waals surface area contributed by atoms with E-state index in [9.17, 15) is 4.79 Å². The van der Waals surface area contributed by atoms with Crippen molar-refractivity contribution in [1.82, 2.24) is 9.97 Å². The average Bonchev–Trinajstić information content (AvgIpc) is 2.66. The molecule has 2 N–H and O–H groups in total. The van der Waals surface area contributed by atoms with Crippen molar-refractivity contribution < 1.29 is 9.53 Å². The zero-order valence-corrected chi connectivity index (χ0v) is 16.6. The zero-order chi connectivity index (χ0) is 20.1. The number of carbonyl (C=O) groups excluding carboxylic acids is 1. The number of benzene rings is 2. The van der Waals surface area contributed by atoms with Gasteiger partial charge in [-0.05, 0) is 56.7 Å². The quantitative estimate of drug-likeness (QED) is 0.597. The highest BCUT2D eigenvalue weighted by Gasteiger charge is 2.12. The van der Waals surface area contributed by atoms with Crippen LogP contribution in [0.5, 0.6) is 5.75 Å². The molecule has 0 fully saturated rings. The van der Waals surface area contributed by atoms with Gasteiger partial charge in [0.25, 0.3) is 5.91 Å². The fraction of sp³-hybridized carbons (Fsp3) is 0.190. The van der Waals surface area contributed by atoms with Crippen LogP contribution in [0.4, 0.5) is 17.2 Å². The van der Waals surface area contributed by atoms with Crippen molar-refractivity contribution in [1.29, 1.82) is 0 Å². The standard InChI is InChI=1S/C21H21ClN4O2/c1-13(2)28-19-7-5-4-6-17(19)26-21(27)18-11-24-20(12-23-18)25-16-9-8-15(22)10-14(16)3/h4-13H,1-3H3,(H,24,25)(H,26,27). The van der Waals surface area contributed by atoms with Crippen LogP contribution in [0.15, 0.2) is 54.9 Å². The fourth-order valence-electron chi connectivity index (χ4n) is 2.53. The third-order valence-corrected chi connectivity index (χ3v) is 4.07. The van der Waals surface area contributed by atoms with Gasteiger partial charge in [-0.1, -0.05) is 23.7 Å². The Balaban J connectivity index is 1.70. The summed E-state index contributed by atoms with van der Waals surface area (Å²) < 4.78 is 5.72. The van der Waals surface area contributed by atoms with E-state index in [2.05, 4.69) is 20.6 Å². The molecule has 0 saturated heterocycles. The van der Waals surface area contributed by atoms with Gasteiger partial charge in [0.1, 0.15) is 17.3 Å². The third-order valence-electron chi connectivity index (χ3n) is 3.83. The number of amides is 1. The summed E-state index contributed by atoms with van der Waals surface area (Å²) in [5.41, 5.74) is 2.65. The van der Waals surface area contributed by atoms with E-state index in [1.54, 1.807) is 12.1 Å². The Hall–Kier alpha value is -3.12. The van der Waals surface area contributed by atoms with E-state index in [4.69, 9.17) is 16.3 Å². The van der Waals surface area contributed by atoms with Gasteiger partial charge in [-0.25, -0.2) is 9.97 Å². The predicted molar refractivity (Wildman–Crippen MR) is 112 cm³/mol. The van der Waals surface area contributed by atoms with Gasteiger partial charge >= 0.3 is 0 Å². The van der Waals surface area contributed by atoms with Gasteiger partial charge in [0.2, 0.25) is 0 Å². The van der Waals surface area contributed by atoms with Crippen LogP contribution in [0.3, 0.4) is 0 Å². The van der Waals surface area contributed by atoms with Crippen molar-refractivity contribution in [3.63, 3.8) is 0 Å². The molecule has 28 heavy (non-hydrogen) atoms. The molecule has 1 heterocycles. The van der Waals surface area contributed by atoms with Crippen molar-refractivity contribution in [2.75, 3.05) is 10.6 Å². The number of nitrogens with one attached hydrogen (secondary N) is 2. The van der Waals surface area contributed by atoms with E-state index in [-0.39, 0.29) is 17.7 Å². The summed E-state index contributed by atoms with van der Waals surface area (Å²) in [5.74, 6) is 0.780. The van der Waals surface area contributed by atoms with E-state index < -0.39 is 0 Å². The first-order valence-corrected chi connectivity index (χ1v) is 9.22. The number of carbonyl (C=O) groups is 1. The lowest BCUT2D eigenvalue weighted by Crippen LogP contribution is -2.16. The molecule has 0 saturated carbocycles. The van der Waals surface area contributed by atoms with E-state index in [1.165, 1.54) is 12.4 Å². The maximum absolute atomic E-state index is 12.5. The van der Waals surface area contributed by atoms with Crippen molar-refractivity contribution in [2.45, 2.75) is 26.9 Å². The first kappa shape index (κ1) is 19.6. The topological polar surface area (TPSA) is 76.1 Å². The number of aromatic nitrogens is 2. The Morgan fingerprint density at radius 2 is 1.86 bits per heavy atom. The number of hydrogen-bond acceptors (Lipinski definition) is 5. The van der Waals surface area contributed by atoms with Crippen LogP contribution in [0.25, 0.3) is 0 Å². The van der Waals surface area contributed by atoms with Gasteiger partial charge in [0, 0.05) is 10.7 Å². The molecular formula is C21H21ClN4O2. The molecule has 3 rings (SSSR count). The minimum absolute atomic E-state index is 0.000439. The summed E-state index contributed by atoms with van der Waals surface area (Å²) in [6.45, 7) is 5.80. The molecule has 6 nitrogen and oxygen atoms in total. The molecule has 0 bridgehead atoms. The van der Waals surface area contributed by atoms with Crippen LogP contribution in [0.2, 0.25) is 5.02 Å². The monoisotopic (exact) mass is 396 g/mol. The van der Waals surface area contributed by atoms with E-state index in [0.29, 0.717) is 22.3 Å². The highest BCUT2D eigenvalue weighted by atomic mass is 35.5. The van der Waals surface area contributed by atoms with Crippen molar-refractivity contribution >= 4 is 34.7 Å². The number of hydrogen-bond donors (Lipinski definition) is 2. The van der Waals surface area contributed by atoms with Crippen LogP contribution in [-0.2, 0) is 0 Å². The van der Waals surface area contributed by atoms with Gasteiger partial charge < -0.3 is 15.4 Å². The van der Waals surface area contributed by atoms with Gasteiger partial charge in [0.05, 0.1) is 24.2 Å². The molecular weight excluding hydrogens is 376 g/mol. The smallest absolute Gasteiger partial charge is 0.275 e. The molecule has 0 unspecified atom stereocenters. The lowest BCUT2D eigenvalue weighted by atomic mass is 10.2. The van der Waals surface area contributed by atoms with Crippen LogP contribution < -0.4 is 15.4 Å². The van der Waals surface area contributed by atoms with E-state index in [1.807, 2.05) is 51.1 Å². The normalized spacial score (nSPS) is 10.6. The van der Waals surface area contributed by atoms with Crippen LogP contribution in [0, 0.1) is 6.92 Å². The van der Waals surface area contributed by atoms with Crippen LogP contribution in [-0.4, -0.2) is 22.0 Å². The number of para-hydroxylation sites is 2. The SMILES string of the molecule is Cc1cc(Cl)ccc1Nc1cnc(C(=O)Nc2ccccc2OC(C)C)cn1. The maximum Gasteiger partial charge on any atom is 0.275 e. The molecule has 0 spiro atoms. The Morgan fingerprint density at radius 1 is 1.07 bits per heavy atom.